The summed E-state index contributed by atoms with van der Waals surface area (Å²) < 4.78 is 10.3. The maximum atomic E-state index is 12.6. The number of aliphatic hydroxyl groups is 1. The van der Waals surface area contributed by atoms with E-state index >= 15 is 0 Å². The Morgan fingerprint density at radius 1 is 1.14 bits per heavy atom. The summed E-state index contributed by atoms with van der Waals surface area (Å²) in [6.07, 6.45) is 0.414. The fourth-order valence-corrected chi connectivity index (χ4v) is 3.42. The first-order valence-corrected chi connectivity index (χ1v) is 10.1. The zero-order chi connectivity index (χ0) is 22.2. The molecule has 0 radical (unpaired) electrons. The van der Waals surface area contributed by atoms with Crippen molar-refractivity contribution in [3.05, 3.63) is 0 Å². The van der Waals surface area contributed by atoms with Crippen LogP contribution in [-0.2, 0) is 28.7 Å². The number of aliphatic hydroxyl groups excluding tert-OH is 1. The fourth-order valence-electron chi connectivity index (χ4n) is 2.11. The fraction of sp³-hybridized carbons (Fsp3) is 0.765. The summed E-state index contributed by atoms with van der Waals surface area (Å²) >= 11 is 1.50. The molecular weight excluding hydrogens is 404 g/mol. The van der Waals surface area contributed by atoms with Gasteiger partial charge >= 0.3 is 0 Å². The number of rotatable bonds is 16. The van der Waals surface area contributed by atoms with Gasteiger partial charge in [0.15, 0.2) is 0 Å². The van der Waals surface area contributed by atoms with Crippen molar-refractivity contribution in [1.82, 2.24) is 20.9 Å². The molecule has 0 aliphatic carbocycles. The van der Waals surface area contributed by atoms with Crippen molar-refractivity contribution in [3.63, 3.8) is 0 Å². The van der Waals surface area contributed by atoms with Crippen molar-refractivity contribution in [2.75, 3.05) is 66.1 Å². The van der Waals surface area contributed by atoms with Crippen LogP contribution < -0.4 is 16.0 Å². The summed E-state index contributed by atoms with van der Waals surface area (Å²) in [6, 6.07) is -1.74. The normalized spacial score (nSPS) is 14.0. The lowest BCUT2D eigenvalue weighted by Crippen LogP contribution is -2.55. The zero-order valence-electron chi connectivity index (χ0n) is 17.3. The molecule has 12 heteroatoms. The Balaban J connectivity index is 4.64. The molecule has 0 aromatic heterocycles. The van der Waals surface area contributed by atoms with Gasteiger partial charge in [-0.25, -0.2) is 0 Å². The number of nitrogens with one attached hydrogen (secondary N) is 3. The van der Waals surface area contributed by atoms with Crippen LogP contribution in [0, 0.1) is 0 Å². The minimum absolute atomic E-state index is 0.0998. The van der Waals surface area contributed by atoms with Crippen molar-refractivity contribution in [1.29, 1.82) is 0 Å². The average Bonchev–Trinajstić information content (AvgIpc) is 2.70. The van der Waals surface area contributed by atoms with Crippen molar-refractivity contribution in [2.24, 2.45) is 0 Å². The molecule has 0 aliphatic rings. The summed E-state index contributed by atoms with van der Waals surface area (Å²) in [5, 5.41) is 16.5. The molecule has 0 fully saturated rings. The Labute approximate surface area is 175 Å². The van der Waals surface area contributed by atoms with Gasteiger partial charge in [0.2, 0.25) is 17.7 Å². The third kappa shape index (κ3) is 11.8. The van der Waals surface area contributed by atoms with E-state index in [9.17, 15) is 24.3 Å². The number of hydrogen-bond acceptors (Lipinski definition) is 9. The third-order valence-corrected chi connectivity index (χ3v) is 4.97. The number of amides is 3. The molecular formula is C17H32N4O7S. The third-order valence-electron chi connectivity index (χ3n) is 3.81. The van der Waals surface area contributed by atoms with Gasteiger partial charge < -0.3 is 35.3 Å². The molecule has 29 heavy (non-hydrogen) atoms. The second-order valence-corrected chi connectivity index (χ2v) is 7.34. The summed E-state index contributed by atoms with van der Waals surface area (Å²) in [4.78, 5) is 48.0. The van der Waals surface area contributed by atoms with Crippen molar-refractivity contribution in [2.45, 2.75) is 18.2 Å². The van der Waals surface area contributed by atoms with Gasteiger partial charge in [0.05, 0.1) is 38.4 Å². The maximum Gasteiger partial charge on any atom is 0.245 e. The molecule has 3 amide bonds. The highest BCUT2D eigenvalue weighted by atomic mass is 32.2. The predicted octanol–water partition coefficient (Wildman–Crippen LogP) is -2.78. The standard InChI is InChI=1S/C17H32N4O7S/c1-21(2)14(11-29-10-12(28-4)9-27-3)17(26)20-13(8-23)16(25)19-7-15(24)18-5-6-22/h6,12-14,23H,5,7-11H2,1-4H3,(H,18,24)(H,19,25)(H,20,26)/t12?,13-,14?/m0/s1. The smallest absolute Gasteiger partial charge is 0.245 e. The number of thioether (sulfide) groups is 1. The van der Waals surface area contributed by atoms with E-state index in [4.69, 9.17) is 9.47 Å². The van der Waals surface area contributed by atoms with Crippen molar-refractivity contribution < 1.29 is 33.8 Å². The molecule has 0 aliphatic heterocycles. The van der Waals surface area contributed by atoms with E-state index in [0.717, 1.165) is 0 Å². The molecule has 0 heterocycles. The van der Waals surface area contributed by atoms with Gasteiger partial charge in [-0.05, 0) is 14.1 Å². The number of hydrogen-bond donors (Lipinski definition) is 4. The Morgan fingerprint density at radius 3 is 2.34 bits per heavy atom. The van der Waals surface area contributed by atoms with Gasteiger partial charge in [0.25, 0.3) is 0 Å². The minimum atomic E-state index is -1.20. The summed E-state index contributed by atoms with van der Waals surface area (Å²) in [5.41, 5.74) is 0. The van der Waals surface area contributed by atoms with Crippen LogP contribution in [0.1, 0.15) is 0 Å². The molecule has 0 saturated heterocycles. The molecule has 168 valence electrons. The molecule has 3 atom stereocenters. The van der Waals surface area contributed by atoms with Crippen LogP contribution in [0.5, 0.6) is 0 Å². The molecule has 0 aromatic carbocycles. The first-order valence-electron chi connectivity index (χ1n) is 8.95. The minimum Gasteiger partial charge on any atom is -0.394 e. The molecule has 11 nitrogen and oxygen atoms in total. The summed E-state index contributed by atoms with van der Waals surface area (Å²) in [6.45, 7) is -0.717. The highest BCUT2D eigenvalue weighted by molar-refractivity contribution is 7.99. The van der Waals surface area contributed by atoms with Crippen LogP contribution in [-0.4, -0.2) is 118 Å². The largest absolute Gasteiger partial charge is 0.394 e. The number of ether oxygens (including phenoxy) is 2. The lowest BCUT2D eigenvalue weighted by atomic mass is 10.2. The average molecular weight is 437 g/mol. The zero-order valence-corrected chi connectivity index (χ0v) is 18.1. The molecule has 0 bridgehead atoms. The highest BCUT2D eigenvalue weighted by Crippen LogP contribution is 2.11. The number of nitrogens with zero attached hydrogens (tertiary/aromatic N) is 1. The molecule has 0 spiro atoms. The molecule has 4 N–H and O–H groups in total. The number of methoxy groups -OCH3 is 2. The Hall–Kier alpha value is -1.73. The Bertz CT molecular complexity index is 522. The van der Waals surface area contributed by atoms with E-state index in [2.05, 4.69) is 16.0 Å². The van der Waals surface area contributed by atoms with Crippen molar-refractivity contribution >= 4 is 35.8 Å². The van der Waals surface area contributed by atoms with Crippen LogP contribution >= 0.6 is 11.8 Å². The highest BCUT2D eigenvalue weighted by Gasteiger charge is 2.27. The monoisotopic (exact) mass is 436 g/mol. The van der Waals surface area contributed by atoms with Gasteiger partial charge in [0.1, 0.15) is 12.3 Å². The molecule has 0 saturated carbocycles. The summed E-state index contributed by atoms with van der Waals surface area (Å²) in [7, 11) is 6.64. The number of aldehydes is 1. The van der Waals surface area contributed by atoms with Crippen LogP contribution in [0.3, 0.4) is 0 Å². The number of carbonyl (C=O) groups is 4. The topological polar surface area (TPSA) is 146 Å². The van der Waals surface area contributed by atoms with E-state index in [1.165, 1.54) is 11.8 Å². The number of carbonyl (C=O) groups excluding carboxylic acids is 4. The van der Waals surface area contributed by atoms with Gasteiger partial charge in [-0.1, -0.05) is 0 Å². The van der Waals surface area contributed by atoms with E-state index < -0.39 is 36.4 Å². The van der Waals surface area contributed by atoms with Crippen LogP contribution in [0.15, 0.2) is 0 Å². The van der Waals surface area contributed by atoms with E-state index in [-0.39, 0.29) is 19.2 Å². The molecule has 0 aromatic rings. The lowest BCUT2D eigenvalue weighted by molar-refractivity contribution is -0.132. The molecule has 0 rings (SSSR count). The van der Waals surface area contributed by atoms with Gasteiger partial charge in [-0.2, -0.15) is 11.8 Å². The van der Waals surface area contributed by atoms with Crippen LogP contribution in [0.2, 0.25) is 0 Å². The Kier molecular flexibility index (Phi) is 15.1. The maximum absolute atomic E-state index is 12.6. The lowest BCUT2D eigenvalue weighted by Gasteiger charge is -2.26. The Morgan fingerprint density at radius 2 is 1.83 bits per heavy atom. The second kappa shape index (κ2) is 16.1. The van der Waals surface area contributed by atoms with Crippen molar-refractivity contribution in [3.8, 4) is 0 Å². The first kappa shape index (κ1) is 27.3. The van der Waals surface area contributed by atoms with E-state index in [0.29, 0.717) is 24.4 Å². The quantitative estimate of drug-likeness (QED) is 0.189. The van der Waals surface area contributed by atoms with E-state index in [1.807, 2.05) is 0 Å². The second-order valence-electron chi connectivity index (χ2n) is 6.26. The van der Waals surface area contributed by atoms with Crippen LogP contribution in [0.25, 0.3) is 0 Å². The van der Waals surface area contributed by atoms with Gasteiger partial charge in [0, 0.05) is 25.7 Å². The SMILES string of the molecule is COCC(CSCC(C(=O)N[C@@H](CO)C(=O)NCC(=O)NCC=O)N(C)C)OC. The molecule has 2 unspecified atom stereocenters. The van der Waals surface area contributed by atoms with Gasteiger partial charge in [-0.3, -0.25) is 19.3 Å². The number of likely N-dealkylation sites (N-methyl/N-ethyl adjacent to an activating group) is 1. The van der Waals surface area contributed by atoms with E-state index in [1.54, 1.807) is 33.2 Å². The van der Waals surface area contributed by atoms with Gasteiger partial charge in [-0.15, -0.1) is 0 Å². The first-order chi connectivity index (χ1) is 13.8. The van der Waals surface area contributed by atoms with Crippen LogP contribution in [0.4, 0.5) is 0 Å². The predicted molar refractivity (Wildman–Crippen MR) is 109 cm³/mol. The summed E-state index contributed by atoms with van der Waals surface area (Å²) in [5.74, 6) is -0.618.